The van der Waals surface area contributed by atoms with Gasteiger partial charge in [0.15, 0.2) is 11.2 Å². The minimum absolute atomic E-state index is 0.0141. The number of carbonyl (C=O) groups is 1. The standard InChI is InChI=1S/C29H23ClN2O3/c1-16-6-8-17(9-7-16)18-12-24-27(25(33)13-18)28(32-23-5-3-2-4-22(23)31-24)21-15-35-26-11-10-19(30)14-20(26)29(21)34/h2-11,14-15,18,28,31-32H,12-13H2,1H3. The van der Waals surface area contributed by atoms with Gasteiger partial charge in [-0.25, -0.2) is 0 Å². The van der Waals surface area contributed by atoms with Gasteiger partial charge in [0.2, 0.25) is 0 Å². The number of rotatable bonds is 2. The quantitative estimate of drug-likeness (QED) is 0.331. The highest BCUT2D eigenvalue weighted by Gasteiger charge is 2.37. The second kappa shape index (κ2) is 8.43. The van der Waals surface area contributed by atoms with Gasteiger partial charge in [0.25, 0.3) is 0 Å². The molecule has 6 heteroatoms. The Morgan fingerprint density at radius 3 is 2.51 bits per heavy atom. The Bertz CT molecular complexity index is 1570. The van der Waals surface area contributed by atoms with Gasteiger partial charge in [0.1, 0.15) is 11.8 Å². The SMILES string of the molecule is Cc1ccc(C2CC(=O)C3=C(C2)Nc2ccccc2NC3c2coc3ccc(Cl)cc3c2=O)cc1. The third-order valence-electron chi connectivity index (χ3n) is 6.93. The second-order valence-corrected chi connectivity index (χ2v) is 9.68. The molecule has 4 aromatic rings. The van der Waals surface area contributed by atoms with E-state index in [9.17, 15) is 9.59 Å². The molecule has 2 unspecified atom stereocenters. The molecule has 2 atom stereocenters. The lowest BCUT2D eigenvalue weighted by Gasteiger charge is -2.29. The molecule has 1 aliphatic carbocycles. The van der Waals surface area contributed by atoms with Crippen LogP contribution < -0.4 is 16.1 Å². The van der Waals surface area contributed by atoms with E-state index >= 15 is 0 Å². The fourth-order valence-electron chi connectivity index (χ4n) is 5.12. The molecule has 5 nitrogen and oxygen atoms in total. The molecule has 0 amide bonds. The van der Waals surface area contributed by atoms with Crippen molar-refractivity contribution in [3.8, 4) is 0 Å². The number of hydrogen-bond acceptors (Lipinski definition) is 5. The smallest absolute Gasteiger partial charge is 0.198 e. The summed E-state index contributed by atoms with van der Waals surface area (Å²) in [5.41, 5.74) is 6.06. The van der Waals surface area contributed by atoms with Crippen LogP contribution in [-0.4, -0.2) is 5.78 Å². The summed E-state index contributed by atoms with van der Waals surface area (Å²) in [5, 5.41) is 7.81. The van der Waals surface area contributed by atoms with Crippen molar-refractivity contribution in [3.05, 3.63) is 116 Å². The van der Waals surface area contributed by atoms with Crippen molar-refractivity contribution in [2.75, 3.05) is 10.6 Å². The van der Waals surface area contributed by atoms with Gasteiger partial charge in [-0.1, -0.05) is 53.6 Å². The van der Waals surface area contributed by atoms with Gasteiger partial charge in [0, 0.05) is 22.7 Å². The Morgan fingerprint density at radius 1 is 0.943 bits per heavy atom. The largest absolute Gasteiger partial charge is 0.464 e. The first-order chi connectivity index (χ1) is 17.0. The van der Waals surface area contributed by atoms with E-state index in [0.29, 0.717) is 40.0 Å². The third kappa shape index (κ3) is 3.82. The van der Waals surface area contributed by atoms with Crippen LogP contribution in [0.2, 0.25) is 5.02 Å². The Kier molecular flexibility index (Phi) is 5.23. The summed E-state index contributed by atoms with van der Waals surface area (Å²) < 4.78 is 5.82. The molecular formula is C29H23ClN2O3. The Morgan fingerprint density at radius 2 is 1.71 bits per heavy atom. The molecule has 1 aromatic heterocycles. The molecule has 2 aliphatic rings. The number of fused-ring (bicyclic) bond motifs is 2. The molecule has 174 valence electrons. The van der Waals surface area contributed by atoms with Crippen LogP contribution in [0.4, 0.5) is 11.4 Å². The molecule has 0 saturated heterocycles. The number of para-hydroxylation sites is 2. The molecular weight excluding hydrogens is 460 g/mol. The lowest BCUT2D eigenvalue weighted by molar-refractivity contribution is -0.116. The normalized spacial score (nSPS) is 19.4. The van der Waals surface area contributed by atoms with Crippen molar-refractivity contribution in [1.82, 2.24) is 0 Å². The number of hydrogen-bond donors (Lipinski definition) is 2. The number of anilines is 2. The van der Waals surface area contributed by atoms with Crippen molar-refractivity contribution in [1.29, 1.82) is 0 Å². The lowest BCUT2D eigenvalue weighted by atomic mass is 9.78. The van der Waals surface area contributed by atoms with E-state index < -0.39 is 6.04 Å². The third-order valence-corrected chi connectivity index (χ3v) is 7.17. The van der Waals surface area contributed by atoms with Gasteiger partial charge >= 0.3 is 0 Å². The Hall–Kier alpha value is -3.83. The van der Waals surface area contributed by atoms with Crippen LogP contribution in [0.3, 0.4) is 0 Å². The zero-order chi connectivity index (χ0) is 24.1. The van der Waals surface area contributed by atoms with Crippen LogP contribution >= 0.6 is 11.6 Å². The zero-order valence-electron chi connectivity index (χ0n) is 19.1. The predicted molar refractivity (Wildman–Crippen MR) is 139 cm³/mol. The average Bonchev–Trinajstić information content (AvgIpc) is 3.02. The van der Waals surface area contributed by atoms with Crippen LogP contribution in [0.25, 0.3) is 11.0 Å². The predicted octanol–water partition coefficient (Wildman–Crippen LogP) is 6.73. The van der Waals surface area contributed by atoms with E-state index in [1.807, 2.05) is 24.3 Å². The highest BCUT2D eigenvalue weighted by atomic mass is 35.5. The summed E-state index contributed by atoms with van der Waals surface area (Å²) in [6, 6.07) is 20.5. The summed E-state index contributed by atoms with van der Waals surface area (Å²) in [6.07, 6.45) is 2.51. The van der Waals surface area contributed by atoms with E-state index in [4.69, 9.17) is 16.0 Å². The van der Waals surface area contributed by atoms with E-state index in [2.05, 4.69) is 41.8 Å². The van der Waals surface area contributed by atoms with Gasteiger partial charge in [-0.2, -0.15) is 0 Å². The number of nitrogens with one attached hydrogen (secondary N) is 2. The highest BCUT2D eigenvalue weighted by molar-refractivity contribution is 6.31. The summed E-state index contributed by atoms with van der Waals surface area (Å²) in [4.78, 5) is 27.3. The fourth-order valence-corrected chi connectivity index (χ4v) is 5.29. The maximum absolute atomic E-state index is 13.7. The molecule has 3 aromatic carbocycles. The summed E-state index contributed by atoms with van der Waals surface area (Å²) in [7, 11) is 0. The maximum atomic E-state index is 13.7. The van der Waals surface area contributed by atoms with Crippen LogP contribution in [0.15, 0.2) is 93.5 Å². The zero-order valence-corrected chi connectivity index (χ0v) is 19.9. The van der Waals surface area contributed by atoms with Gasteiger partial charge < -0.3 is 15.1 Å². The van der Waals surface area contributed by atoms with Crippen molar-refractivity contribution in [2.24, 2.45) is 0 Å². The molecule has 6 rings (SSSR count). The number of allylic oxidation sites excluding steroid dienone is 1. The van der Waals surface area contributed by atoms with Gasteiger partial charge in [-0.3, -0.25) is 9.59 Å². The fraction of sp³-hybridized carbons (Fsp3) is 0.172. The maximum Gasteiger partial charge on any atom is 0.198 e. The first-order valence-corrected chi connectivity index (χ1v) is 12.0. The number of carbonyl (C=O) groups excluding carboxylic acids is 1. The van der Waals surface area contributed by atoms with Gasteiger partial charge in [-0.15, -0.1) is 0 Å². The molecule has 0 fully saturated rings. The van der Waals surface area contributed by atoms with Crippen LogP contribution in [0.5, 0.6) is 0 Å². The molecule has 2 heterocycles. The molecule has 0 bridgehead atoms. The average molecular weight is 483 g/mol. The minimum Gasteiger partial charge on any atom is -0.464 e. The number of Topliss-reactive ketones (excluding diaryl/α,β-unsaturated/α-hetero) is 1. The number of aryl methyl sites for hydroxylation is 1. The van der Waals surface area contributed by atoms with Gasteiger partial charge in [-0.05, 0) is 55.2 Å². The first kappa shape index (κ1) is 21.7. The van der Waals surface area contributed by atoms with Crippen LogP contribution in [0.1, 0.15) is 41.5 Å². The van der Waals surface area contributed by atoms with Crippen molar-refractivity contribution >= 4 is 39.7 Å². The molecule has 2 N–H and O–H groups in total. The summed E-state index contributed by atoms with van der Waals surface area (Å²) in [6.45, 7) is 2.05. The van der Waals surface area contributed by atoms with Crippen molar-refractivity contribution < 1.29 is 9.21 Å². The minimum atomic E-state index is -0.646. The lowest BCUT2D eigenvalue weighted by Crippen LogP contribution is -2.29. The summed E-state index contributed by atoms with van der Waals surface area (Å²) in [5.74, 6) is 0.0762. The van der Waals surface area contributed by atoms with Crippen LogP contribution in [0, 0.1) is 6.92 Å². The molecule has 0 spiro atoms. The second-order valence-electron chi connectivity index (χ2n) is 9.24. The molecule has 0 radical (unpaired) electrons. The van der Waals surface area contributed by atoms with Crippen molar-refractivity contribution in [2.45, 2.75) is 31.7 Å². The monoisotopic (exact) mass is 482 g/mol. The van der Waals surface area contributed by atoms with Gasteiger partial charge in [0.05, 0.1) is 28.4 Å². The number of ketones is 1. The Labute approximate surface area is 207 Å². The van der Waals surface area contributed by atoms with E-state index in [1.165, 1.54) is 11.8 Å². The number of benzene rings is 3. The summed E-state index contributed by atoms with van der Waals surface area (Å²) >= 11 is 6.17. The number of halogens is 1. The molecule has 0 saturated carbocycles. The highest BCUT2D eigenvalue weighted by Crippen LogP contribution is 2.44. The first-order valence-electron chi connectivity index (χ1n) is 11.6. The van der Waals surface area contributed by atoms with E-state index in [0.717, 1.165) is 22.6 Å². The van der Waals surface area contributed by atoms with Crippen molar-refractivity contribution in [3.63, 3.8) is 0 Å². The molecule has 1 aliphatic heterocycles. The topological polar surface area (TPSA) is 71.3 Å². The van der Waals surface area contributed by atoms with E-state index in [1.54, 1.807) is 18.2 Å². The van der Waals surface area contributed by atoms with Crippen LogP contribution in [-0.2, 0) is 4.79 Å². The Balaban J connectivity index is 1.51. The molecule has 35 heavy (non-hydrogen) atoms. The van der Waals surface area contributed by atoms with E-state index in [-0.39, 0.29) is 17.1 Å².